The molecule has 1 saturated carbocycles. The quantitative estimate of drug-likeness (QED) is 0.873. The highest BCUT2D eigenvalue weighted by Gasteiger charge is 2.28. The fraction of sp³-hybridized carbons (Fsp3) is 0.350. The van der Waals surface area contributed by atoms with Gasteiger partial charge in [0, 0.05) is 5.56 Å². The van der Waals surface area contributed by atoms with E-state index in [-0.39, 0.29) is 11.9 Å². The van der Waals surface area contributed by atoms with Crippen LogP contribution in [0.5, 0.6) is 0 Å². The third-order valence-electron chi connectivity index (χ3n) is 4.71. The number of rotatable bonds is 4. The van der Waals surface area contributed by atoms with Crippen molar-refractivity contribution in [3.63, 3.8) is 0 Å². The first kappa shape index (κ1) is 14.8. The summed E-state index contributed by atoms with van der Waals surface area (Å²) in [5.41, 5.74) is 3.02. The van der Waals surface area contributed by atoms with Crippen LogP contribution in [0.25, 0.3) is 0 Å². The number of carbonyl (C=O) groups excluding carboxylic acids is 1. The van der Waals surface area contributed by atoms with Gasteiger partial charge in [-0.25, -0.2) is 0 Å². The van der Waals surface area contributed by atoms with Crippen LogP contribution in [0.15, 0.2) is 54.6 Å². The molecule has 1 aliphatic carbocycles. The summed E-state index contributed by atoms with van der Waals surface area (Å²) in [6, 6.07) is 18.3. The van der Waals surface area contributed by atoms with Crippen molar-refractivity contribution in [2.24, 2.45) is 5.92 Å². The SMILES string of the molecule is Cc1ccccc1C(=O)N[C@@H](c1ccccc1)C1CCCC1. The van der Waals surface area contributed by atoms with E-state index in [0.717, 1.165) is 11.1 Å². The second-order valence-corrected chi connectivity index (χ2v) is 6.22. The van der Waals surface area contributed by atoms with E-state index in [1.54, 1.807) is 0 Å². The molecule has 3 rings (SSSR count). The second-order valence-electron chi connectivity index (χ2n) is 6.22. The number of hydrogen-bond acceptors (Lipinski definition) is 1. The molecule has 0 radical (unpaired) electrons. The van der Waals surface area contributed by atoms with E-state index in [9.17, 15) is 4.79 Å². The Morgan fingerprint density at radius 1 is 1.00 bits per heavy atom. The summed E-state index contributed by atoms with van der Waals surface area (Å²) < 4.78 is 0. The van der Waals surface area contributed by atoms with Crippen LogP contribution in [0, 0.1) is 12.8 Å². The Balaban J connectivity index is 1.84. The molecule has 22 heavy (non-hydrogen) atoms. The molecule has 0 unspecified atom stereocenters. The minimum Gasteiger partial charge on any atom is -0.345 e. The number of amides is 1. The van der Waals surface area contributed by atoms with Crippen molar-refractivity contribution in [3.8, 4) is 0 Å². The van der Waals surface area contributed by atoms with Gasteiger partial charge in [-0.2, -0.15) is 0 Å². The lowest BCUT2D eigenvalue weighted by Gasteiger charge is -2.25. The molecular formula is C20H23NO. The van der Waals surface area contributed by atoms with E-state index in [0.29, 0.717) is 5.92 Å². The molecular weight excluding hydrogens is 270 g/mol. The maximum absolute atomic E-state index is 12.7. The van der Waals surface area contributed by atoms with Gasteiger partial charge in [0.1, 0.15) is 0 Å². The fourth-order valence-corrected chi connectivity index (χ4v) is 3.47. The minimum atomic E-state index is 0.0406. The van der Waals surface area contributed by atoms with Crippen LogP contribution in [-0.4, -0.2) is 5.91 Å². The Labute approximate surface area is 132 Å². The summed E-state index contributed by atoms with van der Waals surface area (Å²) >= 11 is 0. The predicted octanol–water partition coefficient (Wildman–Crippen LogP) is 4.66. The van der Waals surface area contributed by atoms with Crippen LogP contribution in [0.3, 0.4) is 0 Å². The molecule has 0 bridgehead atoms. The van der Waals surface area contributed by atoms with Crippen molar-refractivity contribution in [2.45, 2.75) is 38.6 Å². The molecule has 1 aliphatic rings. The summed E-state index contributed by atoms with van der Waals surface area (Å²) in [4.78, 5) is 12.7. The van der Waals surface area contributed by atoms with Gasteiger partial charge in [0.15, 0.2) is 0 Å². The van der Waals surface area contributed by atoms with Gasteiger partial charge in [-0.15, -0.1) is 0 Å². The first-order valence-corrected chi connectivity index (χ1v) is 8.17. The highest BCUT2D eigenvalue weighted by atomic mass is 16.1. The lowest BCUT2D eigenvalue weighted by molar-refractivity contribution is 0.0921. The Kier molecular flexibility index (Phi) is 4.57. The molecule has 1 atom stereocenters. The summed E-state index contributed by atoms with van der Waals surface area (Å²) in [5.74, 6) is 0.592. The fourth-order valence-electron chi connectivity index (χ4n) is 3.47. The summed E-state index contributed by atoms with van der Waals surface area (Å²) in [7, 11) is 0. The van der Waals surface area contributed by atoms with Crippen molar-refractivity contribution in [1.29, 1.82) is 0 Å². The van der Waals surface area contributed by atoms with E-state index in [1.165, 1.54) is 31.2 Å². The van der Waals surface area contributed by atoms with E-state index >= 15 is 0 Å². The smallest absolute Gasteiger partial charge is 0.252 e. The van der Waals surface area contributed by atoms with Crippen LogP contribution in [0.1, 0.15) is 53.2 Å². The number of nitrogens with one attached hydrogen (secondary N) is 1. The average Bonchev–Trinajstić information content (AvgIpc) is 3.08. The van der Waals surface area contributed by atoms with E-state index in [2.05, 4.69) is 29.6 Å². The lowest BCUT2D eigenvalue weighted by Crippen LogP contribution is -2.33. The van der Waals surface area contributed by atoms with Gasteiger partial charge in [-0.3, -0.25) is 4.79 Å². The van der Waals surface area contributed by atoms with Gasteiger partial charge < -0.3 is 5.32 Å². The zero-order valence-corrected chi connectivity index (χ0v) is 13.1. The molecule has 0 aliphatic heterocycles. The van der Waals surface area contributed by atoms with Gasteiger partial charge in [0.05, 0.1) is 6.04 Å². The zero-order chi connectivity index (χ0) is 15.4. The van der Waals surface area contributed by atoms with Crippen molar-refractivity contribution in [3.05, 3.63) is 71.3 Å². The highest BCUT2D eigenvalue weighted by Crippen LogP contribution is 2.35. The van der Waals surface area contributed by atoms with Crippen LogP contribution >= 0.6 is 0 Å². The molecule has 0 spiro atoms. The molecule has 1 fully saturated rings. The van der Waals surface area contributed by atoms with Gasteiger partial charge in [0.2, 0.25) is 0 Å². The molecule has 2 heteroatoms. The standard InChI is InChI=1S/C20H23NO/c1-15-9-5-8-14-18(15)20(22)21-19(17-12-6-7-13-17)16-10-3-2-4-11-16/h2-5,8-11,14,17,19H,6-7,12-13H2,1H3,(H,21,22)/t19-/m0/s1. The first-order chi connectivity index (χ1) is 10.8. The zero-order valence-electron chi connectivity index (χ0n) is 13.1. The topological polar surface area (TPSA) is 29.1 Å². The summed E-state index contributed by atoms with van der Waals surface area (Å²) in [5, 5.41) is 3.29. The van der Waals surface area contributed by atoms with E-state index < -0.39 is 0 Å². The van der Waals surface area contributed by atoms with Gasteiger partial charge in [-0.1, -0.05) is 61.4 Å². The largest absolute Gasteiger partial charge is 0.345 e. The van der Waals surface area contributed by atoms with E-state index in [4.69, 9.17) is 0 Å². The summed E-state index contributed by atoms with van der Waals surface area (Å²) in [6.45, 7) is 1.99. The molecule has 2 aromatic carbocycles. The number of hydrogen-bond donors (Lipinski definition) is 1. The molecule has 0 heterocycles. The minimum absolute atomic E-state index is 0.0406. The molecule has 2 nitrogen and oxygen atoms in total. The van der Waals surface area contributed by atoms with Crippen LogP contribution < -0.4 is 5.32 Å². The van der Waals surface area contributed by atoms with Crippen molar-refractivity contribution >= 4 is 5.91 Å². The maximum Gasteiger partial charge on any atom is 0.252 e. The van der Waals surface area contributed by atoms with E-state index in [1.807, 2.05) is 37.3 Å². The average molecular weight is 293 g/mol. The first-order valence-electron chi connectivity index (χ1n) is 8.17. The van der Waals surface area contributed by atoms with Crippen LogP contribution in [0.4, 0.5) is 0 Å². The molecule has 1 N–H and O–H groups in total. The van der Waals surface area contributed by atoms with Gasteiger partial charge in [-0.05, 0) is 42.9 Å². The number of carbonyl (C=O) groups is 1. The molecule has 114 valence electrons. The second kappa shape index (κ2) is 6.78. The number of benzene rings is 2. The Morgan fingerprint density at radius 3 is 2.32 bits per heavy atom. The van der Waals surface area contributed by atoms with Gasteiger partial charge >= 0.3 is 0 Å². The molecule has 2 aromatic rings. The molecule has 0 saturated heterocycles. The summed E-state index contributed by atoms with van der Waals surface area (Å²) in [6.07, 6.45) is 4.95. The third kappa shape index (κ3) is 3.22. The predicted molar refractivity (Wildman–Crippen MR) is 89.8 cm³/mol. The highest BCUT2D eigenvalue weighted by molar-refractivity contribution is 5.95. The normalized spacial score (nSPS) is 16.4. The number of aryl methyl sites for hydroxylation is 1. The Morgan fingerprint density at radius 2 is 1.64 bits per heavy atom. The Hall–Kier alpha value is -2.09. The van der Waals surface area contributed by atoms with Crippen molar-refractivity contribution in [1.82, 2.24) is 5.32 Å². The molecule has 0 aromatic heterocycles. The lowest BCUT2D eigenvalue weighted by atomic mass is 9.91. The monoisotopic (exact) mass is 293 g/mol. The van der Waals surface area contributed by atoms with Crippen molar-refractivity contribution in [2.75, 3.05) is 0 Å². The maximum atomic E-state index is 12.7. The molecule has 1 amide bonds. The van der Waals surface area contributed by atoms with Crippen molar-refractivity contribution < 1.29 is 4.79 Å². The Bertz CT molecular complexity index is 629. The van der Waals surface area contributed by atoms with Crippen LogP contribution in [0.2, 0.25) is 0 Å². The van der Waals surface area contributed by atoms with Crippen LogP contribution in [-0.2, 0) is 0 Å². The van der Waals surface area contributed by atoms with Gasteiger partial charge in [0.25, 0.3) is 5.91 Å². The third-order valence-corrected chi connectivity index (χ3v) is 4.71.